The lowest BCUT2D eigenvalue weighted by atomic mass is 9.69. The van der Waals surface area contributed by atoms with E-state index in [1.54, 1.807) is 32.7 Å². The van der Waals surface area contributed by atoms with E-state index in [0.29, 0.717) is 57.8 Å². The Morgan fingerprint density at radius 1 is 1.11 bits per heavy atom. The summed E-state index contributed by atoms with van der Waals surface area (Å²) >= 11 is 1.43. The van der Waals surface area contributed by atoms with E-state index >= 15 is 0 Å². The average molecular weight is 505 g/mol. The first-order chi connectivity index (χ1) is 17.3. The van der Waals surface area contributed by atoms with Gasteiger partial charge >= 0.3 is 0 Å². The summed E-state index contributed by atoms with van der Waals surface area (Å²) in [5.41, 5.74) is 3.03. The smallest absolute Gasteiger partial charge is 0.257 e. The van der Waals surface area contributed by atoms with Crippen molar-refractivity contribution in [3.05, 3.63) is 81.0 Å². The summed E-state index contributed by atoms with van der Waals surface area (Å²) in [5, 5.41) is 3.86. The highest BCUT2D eigenvalue weighted by Gasteiger charge is 2.43. The summed E-state index contributed by atoms with van der Waals surface area (Å²) in [6, 6.07) is 9.38. The number of Topliss-reactive ketones (excluding diaryl/α,β-unsaturated/α-hetero) is 1. The Morgan fingerprint density at radius 2 is 1.94 bits per heavy atom. The Kier molecular flexibility index (Phi) is 6.34. The van der Waals surface area contributed by atoms with Crippen LogP contribution >= 0.6 is 11.8 Å². The lowest BCUT2D eigenvalue weighted by Gasteiger charge is -2.38. The maximum Gasteiger partial charge on any atom is 0.257 e. The van der Waals surface area contributed by atoms with Crippen molar-refractivity contribution in [3.8, 4) is 11.5 Å². The molecule has 0 saturated carbocycles. The molecule has 2 aliphatic rings. The number of nitrogens with one attached hydrogen (secondary N) is 2. The normalized spacial score (nSPS) is 18.2. The minimum atomic E-state index is -0.626. The van der Waals surface area contributed by atoms with E-state index in [4.69, 9.17) is 14.5 Å². The van der Waals surface area contributed by atoms with Crippen LogP contribution in [0.5, 0.6) is 11.5 Å². The van der Waals surface area contributed by atoms with Gasteiger partial charge in [0.05, 0.1) is 25.7 Å². The van der Waals surface area contributed by atoms with Crippen LogP contribution in [0.15, 0.2) is 63.9 Å². The van der Waals surface area contributed by atoms with Crippen molar-refractivity contribution >= 4 is 23.4 Å². The number of hydrogen-bond acceptors (Lipinski definition) is 8. The fourth-order valence-electron chi connectivity index (χ4n) is 5.05. The number of thioether (sulfide) groups is 1. The highest BCUT2D eigenvalue weighted by Crippen LogP contribution is 2.50. The van der Waals surface area contributed by atoms with E-state index in [0.717, 1.165) is 11.3 Å². The topological polar surface area (TPSA) is 106 Å². The zero-order chi connectivity index (χ0) is 25.4. The molecule has 0 fully saturated rings. The number of fused-ring (bicyclic) bond motifs is 1. The molecule has 5 rings (SSSR count). The summed E-state index contributed by atoms with van der Waals surface area (Å²) in [4.78, 5) is 39.0. The first-order valence-corrected chi connectivity index (χ1v) is 12.7. The molecular weight excluding hydrogens is 476 g/mol. The number of rotatable bonds is 6. The highest BCUT2D eigenvalue weighted by molar-refractivity contribution is 7.98. The third kappa shape index (κ3) is 4.39. The molecule has 0 unspecified atom stereocenters. The lowest BCUT2D eigenvalue weighted by Crippen LogP contribution is -2.37. The molecule has 1 aliphatic carbocycles. The van der Waals surface area contributed by atoms with Crippen molar-refractivity contribution in [1.29, 1.82) is 0 Å². The van der Waals surface area contributed by atoms with Gasteiger partial charge in [-0.25, -0.2) is 4.98 Å². The van der Waals surface area contributed by atoms with Gasteiger partial charge in [-0.1, -0.05) is 43.8 Å². The molecule has 0 saturated heterocycles. The van der Waals surface area contributed by atoms with Crippen LogP contribution in [0, 0.1) is 5.41 Å². The standard InChI is InChI=1S/C27H28N4O4S/c1-27(2)11-17-21(18(32)12-27)20(16-8-5-9-19(34-3)23(16)35-4)22-24(29-17)30-26(31-25(22)33)36-14-15-7-6-10-28-13-15/h5-10,13,20H,11-12,14H2,1-4H3,(H2,29,30,31,33)/t20-/m1/s1. The molecule has 1 atom stereocenters. The van der Waals surface area contributed by atoms with Gasteiger partial charge in [0, 0.05) is 41.4 Å². The zero-order valence-corrected chi connectivity index (χ0v) is 21.5. The number of methoxy groups -OCH3 is 2. The number of carbonyl (C=O) groups excluding carboxylic acids is 1. The van der Waals surface area contributed by atoms with Gasteiger partial charge in [-0.15, -0.1) is 0 Å². The number of nitrogens with zero attached hydrogens (tertiary/aromatic N) is 2. The second kappa shape index (κ2) is 9.46. The lowest BCUT2D eigenvalue weighted by molar-refractivity contribution is -0.118. The number of hydrogen-bond donors (Lipinski definition) is 2. The van der Waals surface area contributed by atoms with E-state index in [1.807, 2.05) is 24.3 Å². The number of H-pyrrole nitrogens is 1. The van der Waals surface area contributed by atoms with Gasteiger partial charge in [-0.05, 0) is 29.5 Å². The largest absolute Gasteiger partial charge is 0.493 e. The highest BCUT2D eigenvalue weighted by atomic mass is 32.2. The van der Waals surface area contributed by atoms with E-state index in [-0.39, 0.29) is 16.8 Å². The molecule has 9 heteroatoms. The molecule has 0 radical (unpaired) electrons. The molecule has 186 valence electrons. The van der Waals surface area contributed by atoms with Crippen molar-refractivity contribution < 1.29 is 14.3 Å². The van der Waals surface area contributed by atoms with Crippen LogP contribution in [0.4, 0.5) is 5.82 Å². The number of carbonyl (C=O) groups is 1. The molecule has 0 spiro atoms. The van der Waals surface area contributed by atoms with Crippen LogP contribution in [-0.2, 0) is 10.5 Å². The Balaban J connectivity index is 1.65. The van der Waals surface area contributed by atoms with Crippen LogP contribution in [-0.4, -0.2) is 35.0 Å². The maximum absolute atomic E-state index is 13.6. The molecule has 36 heavy (non-hydrogen) atoms. The molecule has 2 N–H and O–H groups in total. The van der Waals surface area contributed by atoms with Gasteiger partial charge in [0.15, 0.2) is 22.4 Å². The average Bonchev–Trinajstić information content (AvgIpc) is 2.85. The molecular formula is C27H28N4O4S. The number of ether oxygens (including phenoxy) is 2. The summed E-state index contributed by atoms with van der Waals surface area (Å²) < 4.78 is 11.2. The molecule has 3 heterocycles. The number of aromatic nitrogens is 3. The Hall–Kier alpha value is -3.59. The van der Waals surface area contributed by atoms with Gasteiger partial charge in [-0.3, -0.25) is 14.6 Å². The monoisotopic (exact) mass is 504 g/mol. The minimum absolute atomic E-state index is 0.0173. The Bertz CT molecular complexity index is 1420. The van der Waals surface area contributed by atoms with E-state index in [1.165, 1.54) is 11.8 Å². The molecule has 8 nitrogen and oxygen atoms in total. The Morgan fingerprint density at radius 3 is 2.67 bits per heavy atom. The third-order valence-corrected chi connectivity index (χ3v) is 7.49. The molecule has 1 aliphatic heterocycles. The van der Waals surface area contributed by atoms with Crippen molar-refractivity contribution in [1.82, 2.24) is 15.0 Å². The van der Waals surface area contributed by atoms with Crippen molar-refractivity contribution in [2.45, 2.75) is 43.5 Å². The van der Waals surface area contributed by atoms with E-state index in [2.05, 4.69) is 29.1 Å². The number of anilines is 1. The van der Waals surface area contributed by atoms with E-state index < -0.39 is 5.92 Å². The second-order valence-corrected chi connectivity index (χ2v) is 10.7. The van der Waals surface area contributed by atoms with Gasteiger partial charge in [0.25, 0.3) is 5.56 Å². The van der Waals surface area contributed by atoms with Crippen LogP contribution in [0.2, 0.25) is 0 Å². The van der Waals surface area contributed by atoms with Crippen molar-refractivity contribution in [2.75, 3.05) is 19.5 Å². The predicted octanol–water partition coefficient (Wildman–Crippen LogP) is 4.68. The quantitative estimate of drug-likeness (QED) is 0.368. The number of ketones is 1. The van der Waals surface area contributed by atoms with Crippen molar-refractivity contribution in [3.63, 3.8) is 0 Å². The van der Waals surface area contributed by atoms with Crippen LogP contribution in [0.3, 0.4) is 0 Å². The van der Waals surface area contributed by atoms with Crippen LogP contribution in [0.1, 0.15) is 49.3 Å². The summed E-state index contributed by atoms with van der Waals surface area (Å²) in [6.07, 6.45) is 4.58. The van der Waals surface area contributed by atoms with Gasteiger partial charge < -0.3 is 19.8 Å². The first-order valence-electron chi connectivity index (χ1n) is 11.7. The fraction of sp³-hybridized carbons (Fsp3) is 0.333. The van der Waals surface area contributed by atoms with Gasteiger partial charge in [0.1, 0.15) is 5.82 Å². The summed E-state index contributed by atoms with van der Waals surface area (Å²) in [7, 11) is 3.13. The number of allylic oxidation sites excluding steroid dienone is 2. The molecule has 2 aromatic heterocycles. The third-order valence-electron chi connectivity index (χ3n) is 6.54. The maximum atomic E-state index is 13.6. The molecule has 1 aromatic carbocycles. The second-order valence-electron chi connectivity index (χ2n) is 9.76. The number of pyridine rings is 1. The number of para-hydroxylation sites is 1. The van der Waals surface area contributed by atoms with Crippen LogP contribution < -0.4 is 20.3 Å². The predicted molar refractivity (Wildman–Crippen MR) is 139 cm³/mol. The van der Waals surface area contributed by atoms with Gasteiger partial charge in [-0.2, -0.15) is 0 Å². The number of benzene rings is 1. The number of aromatic amines is 1. The van der Waals surface area contributed by atoms with Gasteiger partial charge in [0.2, 0.25) is 0 Å². The molecule has 3 aromatic rings. The summed E-state index contributed by atoms with van der Waals surface area (Å²) in [6.45, 7) is 4.15. The Labute approximate surface area is 213 Å². The zero-order valence-electron chi connectivity index (χ0n) is 20.7. The summed E-state index contributed by atoms with van der Waals surface area (Å²) in [5.74, 6) is 1.50. The first kappa shape index (κ1) is 24.1. The van der Waals surface area contributed by atoms with E-state index in [9.17, 15) is 9.59 Å². The van der Waals surface area contributed by atoms with Crippen molar-refractivity contribution in [2.24, 2.45) is 5.41 Å². The SMILES string of the molecule is COc1cccc([C@@H]2C3=C(CC(C)(C)CC3=O)Nc3nc(SCc4cccnc4)[nH]c(=O)c32)c1OC. The fourth-order valence-corrected chi connectivity index (χ4v) is 5.84. The van der Waals surface area contributed by atoms with Crippen LogP contribution in [0.25, 0.3) is 0 Å². The molecule has 0 bridgehead atoms. The molecule has 0 amide bonds. The minimum Gasteiger partial charge on any atom is -0.493 e.